The zero-order valence-corrected chi connectivity index (χ0v) is 9.77. The minimum Gasteiger partial charge on any atom is -0.374 e. The van der Waals surface area contributed by atoms with Gasteiger partial charge in [0.2, 0.25) is 0 Å². The lowest BCUT2D eigenvalue weighted by molar-refractivity contribution is 0.0284. The zero-order chi connectivity index (χ0) is 11.1. The molecule has 0 spiro atoms. The summed E-state index contributed by atoms with van der Waals surface area (Å²) in [6.07, 6.45) is 11.1. The monoisotopic (exact) mass is 216 g/mol. The van der Waals surface area contributed by atoms with Crippen LogP contribution in [0.25, 0.3) is 0 Å². The first-order valence-corrected chi connectivity index (χ1v) is 6.25. The molecule has 0 fully saturated rings. The van der Waals surface area contributed by atoms with Gasteiger partial charge in [-0.25, -0.2) is 0 Å². The topological polar surface area (TPSA) is 9.23 Å². The largest absolute Gasteiger partial charge is 0.374 e. The third-order valence-corrected chi connectivity index (χ3v) is 3.05. The van der Waals surface area contributed by atoms with Crippen LogP contribution in [0.4, 0.5) is 0 Å². The van der Waals surface area contributed by atoms with Gasteiger partial charge in [0, 0.05) is 0 Å². The maximum Gasteiger partial charge on any atom is 0.0720 e. The second-order valence-electron chi connectivity index (χ2n) is 4.40. The lowest BCUT2D eigenvalue weighted by atomic mass is 10.0. The Balaban J connectivity index is 1.78. The van der Waals surface area contributed by atoms with Gasteiger partial charge in [-0.15, -0.1) is 0 Å². The molecule has 1 atom stereocenters. The molecular formula is C15H20O. The summed E-state index contributed by atoms with van der Waals surface area (Å²) < 4.78 is 5.97. The molecule has 1 aliphatic rings. The number of benzene rings is 1. The molecule has 0 aromatic heterocycles. The van der Waals surface area contributed by atoms with Gasteiger partial charge in [-0.2, -0.15) is 0 Å². The van der Waals surface area contributed by atoms with E-state index in [1.807, 2.05) is 6.07 Å². The molecule has 1 unspecified atom stereocenters. The van der Waals surface area contributed by atoms with Gasteiger partial charge >= 0.3 is 0 Å². The van der Waals surface area contributed by atoms with Crippen molar-refractivity contribution in [2.24, 2.45) is 0 Å². The first-order valence-electron chi connectivity index (χ1n) is 6.25. The van der Waals surface area contributed by atoms with Gasteiger partial charge in [0.1, 0.15) is 0 Å². The van der Waals surface area contributed by atoms with Crippen molar-refractivity contribution in [3.63, 3.8) is 0 Å². The molecule has 0 N–H and O–H groups in total. The van der Waals surface area contributed by atoms with Crippen LogP contribution in [0.3, 0.4) is 0 Å². The fourth-order valence-electron chi connectivity index (χ4n) is 2.08. The Morgan fingerprint density at radius 2 is 1.81 bits per heavy atom. The van der Waals surface area contributed by atoms with E-state index in [-0.39, 0.29) is 0 Å². The van der Waals surface area contributed by atoms with Gasteiger partial charge in [-0.3, -0.25) is 0 Å². The molecular weight excluding hydrogens is 196 g/mol. The van der Waals surface area contributed by atoms with E-state index < -0.39 is 0 Å². The lowest BCUT2D eigenvalue weighted by Crippen LogP contribution is -2.13. The van der Waals surface area contributed by atoms with Gasteiger partial charge in [-0.1, -0.05) is 42.5 Å². The van der Waals surface area contributed by atoms with Crippen molar-refractivity contribution in [1.29, 1.82) is 0 Å². The molecule has 0 saturated heterocycles. The Morgan fingerprint density at radius 3 is 2.69 bits per heavy atom. The Kier molecular flexibility index (Phi) is 4.63. The summed E-state index contributed by atoms with van der Waals surface area (Å²) >= 11 is 0. The van der Waals surface area contributed by atoms with Crippen molar-refractivity contribution in [1.82, 2.24) is 0 Å². The Labute approximate surface area is 98.1 Å². The molecule has 0 aliphatic heterocycles. The molecule has 1 heteroatoms. The van der Waals surface area contributed by atoms with Crippen LogP contribution in [0.1, 0.15) is 37.7 Å². The normalized spacial score (nSPS) is 21.4. The van der Waals surface area contributed by atoms with Crippen LogP contribution in [0.15, 0.2) is 42.5 Å². The summed E-state index contributed by atoms with van der Waals surface area (Å²) in [6, 6.07) is 10.4. The van der Waals surface area contributed by atoms with E-state index in [1.54, 1.807) is 0 Å². The van der Waals surface area contributed by atoms with E-state index in [1.165, 1.54) is 37.7 Å². The highest BCUT2D eigenvalue weighted by atomic mass is 16.5. The summed E-state index contributed by atoms with van der Waals surface area (Å²) in [5, 5.41) is 0. The Hall–Kier alpha value is -1.08. The van der Waals surface area contributed by atoms with Crippen molar-refractivity contribution in [3.8, 4) is 0 Å². The first kappa shape index (κ1) is 11.4. The second-order valence-corrected chi connectivity index (χ2v) is 4.40. The van der Waals surface area contributed by atoms with Crippen molar-refractivity contribution >= 4 is 0 Å². The average molecular weight is 216 g/mol. The van der Waals surface area contributed by atoms with E-state index in [0.29, 0.717) is 6.10 Å². The van der Waals surface area contributed by atoms with E-state index >= 15 is 0 Å². The molecule has 0 radical (unpaired) electrons. The van der Waals surface area contributed by atoms with Gasteiger partial charge in [0.15, 0.2) is 0 Å². The quantitative estimate of drug-likeness (QED) is 0.691. The highest BCUT2D eigenvalue weighted by Gasteiger charge is 2.09. The maximum atomic E-state index is 5.97. The Morgan fingerprint density at radius 1 is 1.00 bits per heavy atom. The van der Waals surface area contributed by atoms with Crippen LogP contribution in [0, 0.1) is 0 Å². The molecule has 0 bridgehead atoms. The summed E-state index contributed by atoms with van der Waals surface area (Å²) in [4.78, 5) is 0. The van der Waals surface area contributed by atoms with Gasteiger partial charge in [0.05, 0.1) is 12.7 Å². The van der Waals surface area contributed by atoms with Gasteiger partial charge in [-0.05, 0) is 37.7 Å². The summed E-state index contributed by atoms with van der Waals surface area (Å²) in [6.45, 7) is 0.759. The molecule has 2 rings (SSSR count). The number of ether oxygens (including phenoxy) is 1. The predicted octanol–water partition coefficient (Wildman–Crippen LogP) is 4.09. The number of rotatable bonds is 3. The third kappa shape index (κ3) is 3.82. The van der Waals surface area contributed by atoms with E-state index in [9.17, 15) is 0 Å². The van der Waals surface area contributed by atoms with Crippen LogP contribution in [0.5, 0.6) is 0 Å². The minimum atomic E-state index is 0.449. The summed E-state index contributed by atoms with van der Waals surface area (Å²) in [5.74, 6) is 0. The molecule has 1 nitrogen and oxygen atoms in total. The van der Waals surface area contributed by atoms with Crippen molar-refractivity contribution in [3.05, 3.63) is 48.0 Å². The van der Waals surface area contributed by atoms with Crippen molar-refractivity contribution in [2.45, 2.75) is 44.8 Å². The highest BCUT2D eigenvalue weighted by molar-refractivity contribution is 5.13. The second kappa shape index (κ2) is 6.49. The lowest BCUT2D eigenvalue weighted by Gasteiger charge is -2.18. The SMILES string of the molecule is C1=CCCC(OCc2ccccc2)CCC1. The molecule has 86 valence electrons. The molecule has 0 amide bonds. The molecule has 0 heterocycles. The number of hydrogen-bond acceptors (Lipinski definition) is 1. The maximum absolute atomic E-state index is 5.97. The van der Waals surface area contributed by atoms with Crippen molar-refractivity contribution < 1.29 is 4.74 Å². The third-order valence-electron chi connectivity index (χ3n) is 3.05. The van der Waals surface area contributed by atoms with Crippen LogP contribution < -0.4 is 0 Å². The molecule has 1 aromatic rings. The molecule has 0 saturated carbocycles. The van der Waals surface area contributed by atoms with Crippen LogP contribution in [-0.2, 0) is 11.3 Å². The predicted molar refractivity (Wildman–Crippen MR) is 67.2 cm³/mol. The van der Waals surface area contributed by atoms with Gasteiger partial charge in [0.25, 0.3) is 0 Å². The van der Waals surface area contributed by atoms with E-state index in [0.717, 1.165) is 6.61 Å². The van der Waals surface area contributed by atoms with Crippen molar-refractivity contribution in [2.75, 3.05) is 0 Å². The Bertz CT molecular complexity index is 315. The standard InChI is InChI=1S/C15H20O/c1-2-7-11-15(12-8-3-1)16-13-14-9-5-4-6-10-14/h1-2,4-6,9-10,15H,3,7-8,11-13H2. The van der Waals surface area contributed by atoms with Crippen LogP contribution in [-0.4, -0.2) is 6.10 Å². The van der Waals surface area contributed by atoms with E-state index in [4.69, 9.17) is 4.74 Å². The van der Waals surface area contributed by atoms with E-state index in [2.05, 4.69) is 36.4 Å². The number of hydrogen-bond donors (Lipinski definition) is 0. The molecule has 16 heavy (non-hydrogen) atoms. The fraction of sp³-hybridized carbons (Fsp3) is 0.467. The smallest absolute Gasteiger partial charge is 0.0720 e. The minimum absolute atomic E-state index is 0.449. The first-order chi connectivity index (χ1) is 7.95. The summed E-state index contributed by atoms with van der Waals surface area (Å²) in [7, 11) is 0. The van der Waals surface area contributed by atoms with Crippen LogP contribution >= 0.6 is 0 Å². The molecule has 1 aromatic carbocycles. The fourth-order valence-corrected chi connectivity index (χ4v) is 2.08. The van der Waals surface area contributed by atoms with Gasteiger partial charge < -0.3 is 4.74 Å². The van der Waals surface area contributed by atoms with Crippen LogP contribution in [0.2, 0.25) is 0 Å². The average Bonchev–Trinajstić information content (AvgIpc) is 2.29. The molecule has 1 aliphatic carbocycles. The highest BCUT2D eigenvalue weighted by Crippen LogP contribution is 2.16. The zero-order valence-electron chi connectivity index (χ0n) is 9.77. The number of allylic oxidation sites excluding steroid dienone is 2. The summed E-state index contributed by atoms with van der Waals surface area (Å²) in [5.41, 5.74) is 1.28.